The van der Waals surface area contributed by atoms with E-state index in [1.807, 2.05) is 0 Å². The highest BCUT2D eigenvalue weighted by Crippen LogP contribution is 2.38. The second kappa shape index (κ2) is 8.53. The van der Waals surface area contributed by atoms with E-state index in [0.29, 0.717) is 0 Å². The Hall–Kier alpha value is -0.0800. The minimum Gasteiger partial charge on any atom is -0.374 e. The zero-order chi connectivity index (χ0) is 15.1. The highest BCUT2D eigenvalue weighted by Gasteiger charge is 2.36. The van der Waals surface area contributed by atoms with Gasteiger partial charge < -0.3 is 10.1 Å². The van der Waals surface area contributed by atoms with Crippen LogP contribution in [-0.4, -0.2) is 25.3 Å². The van der Waals surface area contributed by atoms with Crippen LogP contribution >= 0.6 is 0 Å². The normalized spacial score (nSPS) is 30.6. The molecule has 0 bridgehead atoms. The predicted octanol–water partition coefficient (Wildman–Crippen LogP) is 4.78. The molecule has 1 N–H and O–H groups in total. The Morgan fingerprint density at radius 1 is 1.14 bits per heavy atom. The first-order valence-electron chi connectivity index (χ1n) is 9.50. The Morgan fingerprint density at radius 2 is 1.86 bits per heavy atom. The Balaban J connectivity index is 1.78. The zero-order valence-electron chi connectivity index (χ0n) is 14.6. The minimum atomic E-state index is 0.143. The number of ether oxygens (including phenoxy) is 1. The van der Waals surface area contributed by atoms with Gasteiger partial charge in [0.05, 0.1) is 5.60 Å². The van der Waals surface area contributed by atoms with Gasteiger partial charge in [-0.3, -0.25) is 0 Å². The molecule has 0 atom stereocenters. The summed E-state index contributed by atoms with van der Waals surface area (Å²) < 4.78 is 6.49. The fraction of sp³-hybridized carbons (Fsp3) is 1.00. The molecule has 0 saturated heterocycles. The fourth-order valence-corrected chi connectivity index (χ4v) is 3.92. The quantitative estimate of drug-likeness (QED) is 0.618. The highest BCUT2D eigenvalue weighted by molar-refractivity contribution is 4.90. The summed E-state index contributed by atoms with van der Waals surface area (Å²) in [5.41, 5.74) is 0.143. The maximum Gasteiger partial charge on any atom is 0.0806 e. The average Bonchev–Trinajstić information content (AvgIpc) is 2.42. The maximum absolute atomic E-state index is 6.49. The SMILES string of the molecule is CCCNCC1(OCCC2CCC2)CCC(C(C)C)CC1. The van der Waals surface area contributed by atoms with Gasteiger partial charge in [0.25, 0.3) is 0 Å². The monoisotopic (exact) mass is 295 g/mol. The molecule has 124 valence electrons. The summed E-state index contributed by atoms with van der Waals surface area (Å²) in [7, 11) is 0. The summed E-state index contributed by atoms with van der Waals surface area (Å²) >= 11 is 0. The van der Waals surface area contributed by atoms with Crippen molar-refractivity contribution < 1.29 is 4.74 Å². The first kappa shape index (κ1) is 17.3. The van der Waals surface area contributed by atoms with E-state index in [-0.39, 0.29) is 5.60 Å². The van der Waals surface area contributed by atoms with Crippen LogP contribution in [0, 0.1) is 17.8 Å². The van der Waals surface area contributed by atoms with E-state index in [1.165, 1.54) is 57.8 Å². The molecule has 2 nitrogen and oxygen atoms in total. The van der Waals surface area contributed by atoms with Crippen molar-refractivity contribution in [2.75, 3.05) is 19.7 Å². The second-order valence-electron chi connectivity index (χ2n) is 7.88. The largest absolute Gasteiger partial charge is 0.374 e. The third-order valence-electron chi connectivity index (χ3n) is 5.92. The zero-order valence-corrected chi connectivity index (χ0v) is 14.6. The summed E-state index contributed by atoms with van der Waals surface area (Å²) in [4.78, 5) is 0. The van der Waals surface area contributed by atoms with Crippen molar-refractivity contribution in [1.82, 2.24) is 5.32 Å². The molecule has 2 heteroatoms. The van der Waals surface area contributed by atoms with Crippen LogP contribution in [0.2, 0.25) is 0 Å². The van der Waals surface area contributed by atoms with E-state index in [0.717, 1.165) is 37.5 Å². The first-order chi connectivity index (χ1) is 10.2. The van der Waals surface area contributed by atoms with Gasteiger partial charge in [-0.15, -0.1) is 0 Å². The average molecular weight is 296 g/mol. The molecule has 0 amide bonds. The van der Waals surface area contributed by atoms with Crippen LogP contribution in [-0.2, 0) is 4.74 Å². The van der Waals surface area contributed by atoms with Gasteiger partial charge in [0.2, 0.25) is 0 Å². The lowest BCUT2D eigenvalue weighted by atomic mass is 9.74. The van der Waals surface area contributed by atoms with Gasteiger partial charge >= 0.3 is 0 Å². The van der Waals surface area contributed by atoms with E-state index >= 15 is 0 Å². The van der Waals surface area contributed by atoms with Crippen LogP contribution in [0.25, 0.3) is 0 Å². The van der Waals surface area contributed by atoms with Gasteiger partial charge in [0.15, 0.2) is 0 Å². The molecular formula is C19H37NO. The van der Waals surface area contributed by atoms with E-state index in [4.69, 9.17) is 4.74 Å². The lowest BCUT2D eigenvalue weighted by Gasteiger charge is -2.42. The van der Waals surface area contributed by atoms with Crippen LogP contribution in [0.1, 0.15) is 78.6 Å². The Bertz CT molecular complexity index is 277. The standard InChI is InChI=1S/C19H37NO/c1-4-13-20-15-19(21-14-10-17-6-5-7-17)11-8-18(9-12-19)16(2)3/h16-18,20H,4-15H2,1-3H3. The van der Waals surface area contributed by atoms with Gasteiger partial charge in [0.1, 0.15) is 0 Å². The second-order valence-corrected chi connectivity index (χ2v) is 7.88. The number of hydrogen-bond acceptors (Lipinski definition) is 2. The van der Waals surface area contributed by atoms with Crippen molar-refractivity contribution in [3.8, 4) is 0 Å². The molecule has 0 aromatic rings. The van der Waals surface area contributed by atoms with Crippen molar-refractivity contribution in [2.45, 2.75) is 84.2 Å². The lowest BCUT2D eigenvalue weighted by Crippen LogP contribution is -2.47. The number of hydrogen-bond donors (Lipinski definition) is 1. The number of rotatable bonds is 9. The molecular weight excluding hydrogens is 258 g/mol. The van der Waals surface area contributed by atoms with Crippen molar-refractivity contribution >= 4 is 0 Å². The molecule has 2 rings (SSSR count). The molecule has 2 aliphatic rings. The van der Waals surface area contributed by atoms with Crippen molar-refractivity contribution in [3.63, 3.8) is 0 Å². The van der Waals surface area contributed by atoms with Crippen LogP contribution in [0.4, 0.5) is 0 Å². The maximum atomic E-state index is 6.49. The Kier molecular flexibility index (Phi) is 7.01. The molecule has 0 unspecified atom stereocenters. The minimum absolute atomic E-state index is 0.143. The third-order valence-corrected chi connectivity index (χ3v) is 5.92. The Morgan fingerprint density at radius 3 is 2.38 bits per heavy atom. The summed E-state index contributed by atoms with van der Waals surface area (Å²) in [5, 5.41) is 3.63. The molecule has 0 aromatic carbocycles. The molecule has 2 saturated carbocycles. The predicted molar refractivity (Wildman–Crippen MR) is 90.6 cm³/mol. The summed E-state index contributed by atoms with van der Waals surface area (Å²) in [5.74, 6) is 2.72. The van der Waals surface area contributed by atoms with Crippen LogP contribution in [0.15, 0.2) is 0 Å². The summed E-state index contributed by atoms with van der Waals surface area (Å²) in [6, 6.07) is 0. The lowest BCUT2D eigenvalue weighted by molar-refractivity contribution is -0.0848. The van der Waals surface area contributed by atoms with E-state index in [9.17, 15) is 0 Å². The first-order valence-corrected chi connectivity index (χ1v) is 9.50. The number of nitrogens with one attached hydrogen (secondary N) is 1. The topological polar surface area (TPSA) is 21.3 Å². The van der Waals surface area contributed by atoms with Gasteiger partial charge in [-0.2, -0.15) is 0 Å². The van der Waals surface area contributed by atoms with Crippen LogP contribution in [0.5, 0.6) is 0 Å². The molecule has 2 aliphatic carbocycles. The molecule has 0 heterocycles. The fourth-order valence-electron chi connectivity index (χ4n) is 3.92. The third kappa shape index (κ3) is 5.25. The van der Waals surface area contributed by atoms with E-state index in [2.05, 4.69) is 26.1 Å². The van der Waals surface area contributed by atoms with Gasteiger partial charge in [0, 0.05) is 13.2 Å². The molecule has 0 aliphatic heterocycles. The summed E-state index contributed by atoms with van der Waals surface area (Å²) in [6.07, 6.45) is 12.1. The molecule has 2 fully saturated rings. The molecule has 0 spiro atoms. The molecule has 0 radical (unpaired) electrons. The summed E-state index contributed by atoms with van der Waals surface area (Å²) in [6.45, 7) is 10.2. The van der Waals surface area contributed by atoms with E-state index in [1.54, 1.807) is 0 Å². The van der Waals surface area contributed by atoms with Crippen molar-refractivity contribution in [1.29, 1.82) is 0 Å². The van der Waals surface area contributed by atoms with Crippen molar-refractivity contribution in [2.24, 2.45) is 17.8 Å². The van der Waals surface area contributed by atoms with Gasteiger partial charge in [-0.1, -0.05) is 40.0 Å². The van der Waals surface area contributed by atoms with Gasteiger partial charge in [-0.25, -0.2) is 0 Å². The van der Waals surface area contributed by atoms with Crippen LogP contribution in [0.3, 0.4) is 0 Å². The highest BCUT2D eigenvalue weighted by atomic mass is 16.5. The Labute approximate surface area is 132 Å². The molecule has 21 heavy (non-hydrogen) atoms. The van der Waals surface area contributed by atoms with Crippen molar-refractivity contribution in [3.05, 3.63) is 0 Å². The van der Waals surface area contributed by atoms with Crippen LogP contribution < -0.4 is 5.32 Å². The molecule has 0 aromatic heterocycles. The van der Waals surface area contributed by atoms with E-state index < -0.39 is 0 Å². The smallest absolute Gasteiger partial charge is 0.0806 e. The van der Waals surface area contributed by atoms with Gasteiger partial charge in [-0.05, 0) is 62.8 Å².